The molecule has 0 unspecified atom stereocenters. The highest BCUT2D eigenvalue weighted by molar-refractivity contribution is 8.01. The van der Waals surface area contributed by atoms with Crippen molar-refractivity contribution in [3.05, 3.63) is 29.6 Å². The Bertz CT molecular complexity index is 627. The monoisotopic (exact) mass is 310 g/mol. The summed E-state index contributed by atoms with van der Waals surface area (Å²) in [7, 11) is 0. The average molecular weight is 310 g/mol. The van der Waals surface area contributed by atoms with Crippen molar-refractivity contribution in [2.24, 2.45) is 0 Å². The number of thioether (sulfide) groups is 1. The van der Waals surface area contributed by atoms with Crippen LogP contribution < -0.4 is 5.32 Å². The predicted molar refractivity (Wildman–Crippen MR) is 75.2 cm³/mol. The molecule has 0 saturated carbocycles. The van der Waals surface area contributed by atoms with Gasteiger partial charge in [0, 0.05) is 11.9 Å². The first-order valence-corrected chi connectivity index (χ1v) is 7.27. The molecule has 0 aliphatic rings. The van der Waals surface area contributed by atoms with Crippen molar-refractivity contribution in [3.8, 4) is 0 Å². The third kappa shape index (κ3) is 4.00. The zero-order valence-electron chi connectivity index (χ0n) is 10.4. The molecule has 7 nitrogen and oxygen atoms in total. The lowest BCUT2D eigenvalue weighted by Gasteiger charge is -2.00. The van der Waals surface area contributed by atoms with E-state index in [1.165, 1.54) is 6.20 Å². The van der Waals surface area contributed by atoms with Crippen molar-refractivity contribution in [2.75, 3.05) is 11.1 Å². The summed E-state index contributed by atoms with van der Waals surface area (Å²) < 4.78 is 0.490. The van der Waals surface area contributed by atoms with E-state index >= 15 is 0 Å². The fourth-order valence-corrected chi connectivity index (χ4v) is 2.68. The van der Waals surface area contributed by atoms with Crippen LogP contribution in [0.1, 0.15) is 16.1 Å². The summed E-state index contributed by atoms with van der Waals surface area (Å²) in [6.45, 7) is 1.83. The van der Waals surface area contributed by atoms with Crippen molar-refractivity contribution in [1.29, 1.82) is 0 Å². The van der Waals surface area contributed by atoms with Gasteiger partial charge in [0.2, 0.25) is 5.13 Å². The lowest BCUT2D eigenvalue weighted by atomic mass is 10.2. The van der Waals surface area contributed by atoms with Crippen molar-refractivity contribution >= 4 is 40.1 Å². The third-order valence-corrected chi connectivity index (χ3v) is 4.08. The molecule has 2 aromatic rings. The van der Waals surface area contributed by atoms with Gasteiger partial charge in [0.25, 0.3) is 5.91 Å². The second-order valence-corrected chi connectivity index (χ2v) is 5.90. The topological polar surface area (TPSA) is 105 Å². The highest BCUT2D eigenvalue weighted by Gasteiger charge is 2.11. The molecule has 0 saturated heterocycles. The van der Waals surface area contributed by atoms with Crippen LogP contribution in [0.5, 0.6) is 0 Å². The zero-order chi connectivity index (χ0) is 14.5. The normalized spacial score (nSPS) is 10.2. The van der Waals surface area contributed by atoms with E-state index in [-0.39, 0.29) is 11.7 Å². The quantitative estimate of drug-likeness (QED) is 0.639. The van der Waals surface area contributed by atoms with Gasteiger partial charge in [-0.05, 0) is 19.1 Å². The molecular formula is C11H10N4O3S2. The molecule has 104 valence electrons. The van der Waals surface area contributed by atoms with Crippen LogP contribution in [0.2, 0.25) is 0 Å². The van der Waals surface area contributed by atoms with Crippen LogP contribution in [0, 0.1) is 6.92 Å². The average Bonchev–Trinajstić information content (AvgIpc) is 2.84. The Morgan fingerprint density at radius 3 is 2.85 bits per heavy atom. The molecule has 2 N–H and O–H groups in total. The first kappa shape index (κ1) is 14.4. The van der Waals surface area contributed by atoms with Crippen LogP contribution in [0.3, 0.4) is 0 Å². The Balaban J connectivity index is 1.97. The molecule has 0 aliphatic heterocycles. The molecule has 9 heteroatoms. The molecule has 0 fully saturated rings. The van der Waals surface area contributed by atoms with Gasteiger partial charge < -0.3 is 5.11 Å². The van der Waals surface area contributed by atoms with E-state index in [2.05, 4.69) is 20.5 Å². The molecule has 2 aromatic heterocycles. The van der Waals surface area contributed by atoms with Gasteiger partial charge in [-0.25, -0.2) is 0 Å². The Morgan fingerprint density at radius 2 is 2.20 bits per heavy atom. The molecule has 0 spiro atoms. The number of carboxylic acids is 1. The summed E-state index contributed by atoms with van der Waals surface area (Å²) >= 11 is 2.18. The van der Waals surface area contributed by atoms with E-state index in [0.717, 1.165) is 28.8 Å². The van der Waals surface area contributed by atoms with E-state index in [1.54, 1.807) is 12.1 Å². The molecule has 2 rings (SSSR count). The van der Waals surface area contributed by atoms with Gasteiger partial charge in [-0.1, -0.05) is 23.1 Å². The van der Waals surface area contributed by atoms with Crippen molar-refractivity contribution in [1.82, 2.24) is 15.2 Å². The van der Waals surface area contributed by atoms with E-state index < -0.39 is 5.97 Å². The van der Waals surface area contributed by atoms with Crippen molar-refractivity contribution in [2.45, 2.75) is 11.3 Å². The Kier molecular flexibility index (Phi) is 4.64. The summed E-state index contributed by atoms with van der Waals surface area (Å²) in [5.74, 6) is -1.35. The highest BCUT2D eigenvalue weighted by atomic mass is 32.2. The summed E-state index contributed by atoms with van der Waals surface area (Å²) in [6, 6.07) is 3.40. The van der Waals surface area contributed by atoms with Crippen molar-refractivity contribution in [3.63, 3.8) is 0 Å². The Hall–Kier alpha value is -2.00. The number of carbonyl (C=O) groups is 2. The molecule has 0 bridgehead atoms. The molecule has 1 amide bonds. The largest absolute Gasteiger partial charge is 0.481 e. The zero-order valence-corrected chi connectivity index (χ0v) is 12.0. The van der Waals surface area contributed by atoms with Crippen LogP contribution in [0.25, 0.3) is 0 Å². The minimum Gasteiger partial charge on any atom is -0.481 e. The van der Waals surface area contributed by atoms with Crippen LogP contribution in [0.15, 0.2) is 22.7 Å². The number of nitrogens with one attached hydrogen (secondary N) is 1. The fourth-order valence-electron chi connectivity index (χ4n) is 1.21. The Labute approximate surface area is 122 Å². The van der Waals surface area contributed by atoms with Gasteiger partial charge in [-0.15, -0.1) is 10.2 Å². The summed E-state index contributed by atoms with van der Waals surface area (Å²) in [6.07, 6.45) is 1.48. The minimum absolute atomic E-state index is 0.0928. The lowest BCUT2D eigenvalue weighted by molar-refractivity contribution is -0.133. The second-order valence-electron chi connectivity index (χ2n) is 3.70. The maximum absolute atomic E-state index is 11.9. The molecule has 0 radical (unpaired) electrons. The standard InChI is InChI=1S/C11H10N4O3S2/c1-6-2-3-7(4-12-6)9(18)13-10-14-15-11(20-10)19-5-8(16)17/h2-4H,5H2,1H3,(H,16,17)(H,13,14,18). The van der Waals surface area contributed by atoms with Crippen LogP contribution in [0.4, 0.5) is 5.13 Å². The fraction of sp³-hybridized carbons (Fsp3) is 0.182. The van der Waals surface area contributed by atoms with Crippen molar-refractivity contribution < 1.29 is 14.7 Å². The maximum atomic E-state index is 11.9. The van der Waals surface area contributed by atoms with Gasteiger partial charge in [0.05, 0.1) is 11.3 Å². The van der Waals surface area contributed by atoms with Gasteiger partial charge in [-0.2, -0.15) is 0 Å². The van der Waals surface area contributed by atoms with Crippen LogP contribution >= 0.6 is 23.1 Å². The second kappa shape index (κ2) is 6.44. The number of hydrogen-bond donors (Lipinski definition) is 2. The summed E-state index contributed by atoms with van der Waals surface area (Å²) in [5, 5.41) is 19.0. The number of anilines is 1. The molecule has 0 aliphatic carbocycles. The maximum Gasteiger partial charge on any atom is 0.313 e. The van der Waals surface area contributed by atoms with Crippen LogP contribution in [-0.2, 0) is 4.79 Å². The summed E-state index contributed by atoms with van der Waals surface area (Å²) in [4.78, 5) is 26.3. The van der Waals surface area contributed by atoms with E-state index in [0.29, 0.717) is 15.0 Å². The molecule has 0 aromatic carbocycles. The first-order valence-electron chi connectivity index (χ1n) is 5.46. The first-order chi connectivity index (χ1) is 9.54. The summed E-state index contributed by atoms with van der Waals surface area (Å²) in [5.41, 5.74) is 1.25. The number of nitrogens with zero attached hydrogens (tertiary/aromatic N) is 3. The van der Waals surface area contributed by atoms with E-state index in [4.69, 9.17) is 5.11 Å². The smallest absolute Gasteiger partial charge is 0.313 e. The number of aliphatic carboxylic acids is 1. The van der Waals surface area contributed by atoms with Gasteiger partial charge in [0.15, 0.2) is 4.34 Å². The Morgan fingerprint density at radius 1 is 1.40 bits per heavy atom. The lowest BCUT2D eigenvalue weighted by Crippen LogP contribution is -2.12. The highest BCUT2D eigenvalue weighted by Crippen LogP contribution is 2.25. The van der Waals surface area contributed by atoms with Crippen LogP contribution in [-0.4, -0.2) is 37.9 Å². The molecule has 2 heterocycles. The van der Waals surface area contributed by atoms with E-state index in [1.807, 2.05) is 6.92 Å². The van der Waals surface area contributed by atoms with Gasteiger partial charge in [-0.3, -0.25) is 19.9 Å². The molecule has 0 atom stereocenters. The number of hydrogen-bond acceptors (Lipinski definition) is 7. The number of aryl methyl sites for hydroxylation is 1. The minimum atomic E-state index is -0.929. The number of rotatable bonds is 5. The number of pyridine rings is 1. The molecule has 20 heavy (non-hydrogen) atoms. The number of carbonyl (C=O) groups excluding carboxylic acids is 1. The SMILES string of the molecule is Cc1ccc(C(=O)Nc2nnc(SCC(=O)O)s2)cn1. The molecular weight excluding hydrogens is 300 g/mol. The third-order valence-electron chi connectivity index (χ3n) is 2.12. The number of amides is 1. The van der Waals surface area contributed by atoms with Gasteiger partial charge >= 0.3 is 5.97 Å². The van der Waals surface area contributed by atoms with E-state index in [9.17, 15) is 9.59 Å². The van der Waals surface area contributed by atoms with Gasteiger partial charge in [0.1, 0.15) is 0 Å². The number of aromatic nitrogens is 3. The predicted octanol–water partition coefficient (Wildman–Crippen LogP) is 1.67. The number of carboxylic acid groups (broad SMARTS) is 1.